The van der Waals surface area contributed by atoms with Crippen LogP contribution in [0.5, 0.6) is 11.5 Å². The third kappa shape index (κ3) is 5.92. The van der Waals surface area contributed by atoms with Crippen LogP contribution < -0.4 is 19.7 Å². The zero-order valence-electron chi connectivity index (χ0n) is 22.7. The van der Waals surface area contributed by atoms with E-state index in [0.29, 0.717) is 6.04 Å². The minimum absolute atomic E-state index is 0.0189. The summed E-state index contributed by atoms with van der Waals surface area (Å²) in [6.45, 7) is 6.72. The summed E-state index contributed by atoms with van der Waals surface area (Å²) >= 11 is 0. The van der Waals surface area contributed by atoms with Crippen LogP contribution in [0.15, 0.2) is 61.1 Å². The molecule has 1 aliphatic heterocycles. The smallest absolute Gasteiger partial charge is 0.150 e. The lowest BCUT2D eigenvalue weighted by Crippen LogP contribution is -2.32. The predicted molar refractivity (Wildman–Crippen MR) is 151 cm³/mol. The van der Waals surface area contributed by atoms with Crippen LogP contribution in [0, 0.1) is 0 Å². The number of hydrogen-bond donors (Lipinski definition) is 1. The maximum atomic E-state index is 5.90. The zero-order valence-corrected chi connectivity index (χ0v) is 22.7. The van der Waals surface area contributed by atoms with Gasteiger partial charge in [0.05, 0.1) is 25.9 Å². The number of methoxy groups -OCH3 is 2. The number of nitrogens with one attached hydrogen (secondary N) is 1. The fourth-order valence-electron chi connectivity index (χ4n) is 4.84. The van der Waals surface area contributed by atoms with E-state index < -0.39 is 0 Å². The molecule has 0 aliphatic carbocycles. The van der Waals surface area contributed by atoms with Crippen LogP contribution in [0.1, 0.15) is 39.3 Å². The Bertz CT molecular complexity index is 1340. The molecular weight excluding hydrogens is 478 g/mol. The van der Waals surface area contributed by atoms with Gasteiger partial charge in [0, 0.05) is 84.2 Å². The standard InChI is InChI=1S/C30H37N5O3/c1-21(2)31-10-11-34(26-15-27(36-3)17-28(16-26)37-4)25-8-9-29-22(14-25)13-23(18-32-29)24-19-33-35(20-24)30-7-5-6-12-38-30/h8-9,13-21,30-31H,5-7,10-12H2,1-4H3/t30-/m1/s1. The lowest BCUT2D eigenvalue weighted by atomic mass is 10.1. The topological polar surface area (TPSA) is 73.7 Å². The molecule has 1 aliphatic rings. The minimum Gasteiger partial charge on any atom is -0.497 e. The summed E-state index contributed by atoms with van der Waals surface area (Å²) < 4.78 is 19.0. The number of anilines is 2. The molecule has 8 heteroatoms. The lowest BCUT2D eigenvalue weighted by Gasteiger charge is -2.27. The van der Waals surface area contributed by atoms with Crippen molar-refractivity contribution in [3.8, 4) is 22.6 Å². The molecule has 200 valence electrons. The van der Waals surface area contributed by atoms with Crippen molar-refractivity contribution in [2.24, 2.45) is 0 Å². The molecule has 0 bridgehead atoms. The molecule has 4 aromatic rings. The maximum Gasteiger partial charge on any atom is 0.150 e. The number of pyridine rings is 1. The molecule has 0 saturated carbocycles. The average Bonchev–Trinajstić information content (AvgIpc) is 3.45. The van der Waals surface area contributed by atoms with Crippen molar-refractivity contribution < 1.29 is 14.2 Å². The van der Waals surface area contributed by atoms with Gasteiger partial charge in [0.1, 0.15) is 17.7 Å². The quantitative estimate of drug-likeness (QED) is 0.280. The molecule has 1 fully saturated rings. The highest BCUT2D eigenvalue weighted by Gasteiger charge is 2.18. The Balaban J connectivity index is 1.48. The van der Waals surface area contributed by atoms with Gasteiger partial charge in [-0.25, -0.2) is 4.68 Å². The van der Waals surface area contributed by atoms with Gasteiger partial charge in [-0.15, -0.1) is 0 Å². The molecule has 3 heterocycles. The summed E-state index contributed by atoms with van der Waals surface area (Å²) in [6.07, 6.45) is 9.19. The van der Waals surface area contributed by atoms with Gasteiger partial charge in [-0.1, -0.05) is 13.8 Å². The average molecular weight is 516 g/mol. The highest BCUT2D eigenvalue weighted by Crippen LogP contribution is 2.34. The second-order valence-electron chi connectivity index (χ2n) is 9.96. The molecule has 38 heavy (non-hydrogen) atoms. The van der Waals surface area contributed by atoms with E-state index in [1.807, 2.05) is 35.3 Å². The molecule has 0 spiro atoms. The minimum atomic E-state index is 0.0189. The summed E-state index contributed by atoms with van der Waals surface area (Å²) in [5.41, 5.74) is 5.10. The van der Waals surface area contributed by atoms with Gasteiger partial charge in [-0.2, -0.15) is 5.10 Å². The number of aromatic nitrogens is 3. The summed E-state index contributed by atoms with van der Waals surface area (Å²) in [5, 5.41) is 9.19. The van der Waals surface area contributed by atoms with Gasteiger partial charge in [0.15, 0.2) is 0 Å². The normalized spacial score (nSPS) is 15.7. The molecule has 1 N–H and O–H groups in total. The van der Waals surface area contributed by atoms with Crippen molar-refractivity contribution >= 4 is 22.3 Å². The van der Waals surface area contributed by atoms with Crippen LogP contribution in [0.25, 0.3) is 22.0 Å². The van der Waals surface area contributed by atoms with Crippen LogP contribution in [-0.4, -0.2) is 54.7 Å². The summed E-state index contributed by atoms with van der Waals surface area (Å²) in [7, 11) is 3.35. The molecule has 2 aromatic carbocycles. The number of hydrogen-bond acceptors (Lipinski definition) is 7. The van der Waals surface area contributed by atoms with Crippen LogP contribution >= 0.6 is 0 Å². The zero-order chi connectivity index (χ0) is 26.5. The number of ether oxygens (including phenoxy) is 3. The Morgan fingerprint density at radius 3 is 2.53 bits per heavy atom. The van der Waals surface area contributed by atoms with Crippen LogP contribution in [0.2, 0.25) is 0 Å². The highest BCUT2D eigenvalue weighted by molar-refractivity contribution is 5.87. The van der Waals surface area contributed by atoms with Gasteiger partial charge >= 0.3 is 0 Å². The van der Waals surface area contributed by atoms with Crippen molar-refractivity contribution in [2.45, 2.75) is 45.4 Å². The molecule has 1 atom stereocenters. The van der Waals surface area contributed by atoms with E-state index in [1.54, 1.807) is 14.2 Å². The van der Waals surface area contributed by atoms with E-state index in [0.717, 1.165) is 77.4 Å². The fraction of sp³-hybridized carbons (Fsp3) is 0.400. The lowest BCUT2D eigenvalue weighted by molar-refractivity contribution is -0.0394. The largest absolute Gasteiger partial charge is 0.497 e. The van der Waals surface area contributed by atoms with Crippen molar-refractivity contribution in [2.75, 3.05) is 38.8 Å². The van der Waals surface area contributed by atoms with Crippen LogP contribution in [0.4, 0.5) is 11.4 Å². The van der Waals surface area contributed by atoms with E-state index in [2.05, 4.69) is 59.6 Å². The van der Waals surface area contributed by atoms with E-state index in [1.165, 1.54) is 6.42 Å². The van der Waals surface area contributed by atoms with Gasteiger partial charge in [-0.05, 0) is 43.5 Å². The third-order valence-corrected chi connectivity index (χ3v) is 6.90. The first-order valence-electron chi connectivity index (χ1n) is 13.3. The molecule has 1 saturated heterocycles. The first kappa shape index (κ1) is 26.0. The maximum absolute atomic E-state index is 5.90. The Hall–Kier alpha value is -3.62. The monoisotopic (exact) mass is 515 g/mol. The van der Waals surface area contributed by atoms with Crippen molar-refractivity contribution in [1.29, 1.82) is 0 Å². The van der Waals surface area contributed by atoms with Gasteiger partial charge in [0.25, 0.3) is 0 Å². The molecule has 0 radical (unpaired) electrons. The number of rotatable bonds is 10. The number of benzene rings is 2. The van der Waals surface area contributed by atoms with Gasteiger partial charge in [-0.3, -0.25) is 4.98 Å². The number of nitrogens with zero attached hydrogens (tertiary/aromatic N) is 4. The molecule has 0 amide bonds. The van der Waals surface area contributed by atoms with Gasteiger partial charge in [0.2, 0.25) is 0 Å². The molecule has 5 rings (SSSR count). The summed E-state index contributed by atoms with van der Waals surface area (Å²) in [4.78, 5) is 7.04. The summed E-state index contributed by atoms with van der Waals surface area (Å²) in [6, 6.07) is 15.0. The van der Waals surface area contributed by atoms with Crippen molar-refractivity contribution in [3.05, 3.63) is 61.1 Å². The van der Waals surface area contributed by atoms with Crippen molar-refractivity contribution in [3.63, 3.8) is 0 Å². The predicted octanol–water partition coefficient (Wildman–Crippen LogP) is 5.95. The Labute approximate surface area is 224 Å². The molecular formula is C30H37N5O3. The first-order chi connectivity index (χ1) is 18.5. The Kier molecular flexibility index (Phi) is 8.10. The first-order valence-corrected chi connectivity index (χ1v) is 13.3. The van der Waals surface area contributed by atoms with Crippen molar-refractivity contribution in [1.82, 2.24) is 20.1 Å². The molecule has 0 unspecified atom stereocenters. The fourth-order valence-corrected chi connectivity index (χ4v) is 4.84. The Morgan fingerprint density at radius 2 is 1.82 bits per heavy atom. The van der Waals surface area contributed by atoms with E-state index >= 15 is 0 Å². The molecule has 8 nitrogen and oxygen atoms in total. The van der Waals surface area contributed by atoms with Gasteiger partial charge < -0.3 is 24.4 Å². The van der Waals surface area contributed by atoms with E-state index in [9.17, 15) is 0 Å². The highest BCUT2D eigenvalue weighted by atomic mass is 16.5. The third-order valence-electron chi connectivity index (χ3n) is 6.90. The summed E-state index contributed by atoms with van der Waals surface area (Å²) in [5.74, 6) is 1.51. The second-order valence-corrected chi connectivity index (χ2v) is 9.96. The SMILES string of the molecule is COc1cc(OC)cc(N(CCNC(C)C)c2ccc3ncc(-c4cnn([C@H]5CCCCO5)c4)cc3c2)c1. The van der Waals surface area contributed by atoms with E-state index in [-0.39, 0.29) is 6.23 Å². The molecule has 2 aromatic heterocycles. The number of fused-ring (bicyclic) bond motifs is 1. The van der Waals surface area contributed by atoms with Crippen LogP contribution in [-0.2, 0) is 4.74 Å². The van der Waals surface area contributed by atoms with Crippen LogP contribution in [0.3, 0.4) is 0 Å². The Morgan fingerprint density at radius 1 is 1.00 bits per heavy atom. The second kappa shape index (κ2) is 11.8. The van der Waals surface area contributed by atoms with E-state index in [4.69, 9.17) is 19.2 Å².